The van der Waals surface area contributed by atoms with Crippen LogP contribution in [0.3, 0.4) is 0 Å². The van der Waals surface area contributed by atoms with Gasteiger partial charge in [0.05, 0.1) is 16.6 Å². The number of benzene rings is 1. The smallest absolute Gasteiger partial charge is 0.243 e. The summed E-state index contributed by atoms with van der Waals surface area (Å²) in [5.74, 6) is 0.490. The third-order valence-corrected chi connectivity index (χ3v) is 5.07. The third-order valence-electron chi connectivity index (χ3n) is 2.75. The lowest BCUT2D eigenvalue weighted by atomic mass is 10.3. The van der Waals surface area contributed by atoms with Crippen molar-refractivity contribution in [3.8, 4) is 0 Å². The summed E-state index contributed by atoms with van der Waals surface area (Å²) in [4.78, 5) is -0.206. The number of hydrogen-bond donors (Lipinski definition) is 2. The average Bonchev–Trinajstić information content (AvgIpc) is 2.82. The van der Waals surface area contributed by atoms with E-state index < -0.39 is 10.0 Å². The van der Waals surface area contributed by atoms with Gasteiger partial charge in [0, 0.05) is 12.2 Å². The van der Waals surface area contributed by atoms with Crippen LogP contribution in [0.2, 0.25) is 10.0 Å². The van der Waals surface area contributed by atoms with Crippen LogP contribution in [-0.2, 0) is 23.1 Å². The van der Waals surface area contributed by atoms with Crippen molar-refractivity contribution in [2.45, 2.75) is 24.9 Å². The van der Waals surface area contributed by atoms with Gasteiger partial charge in [-0.3, -0.25) is 0 Å². The minimum atomic E-state index is -3.89. The summed E-state index contributed by atoms with van der Waals surface area (Å²) in [6, 6.07) is 2.66. The van der Waals surface area contributed by atoms with Gasteiger partial charge in [0.25, 0.3) is 0 Å². The maximum Gasteiger partial charge on any atom is 0.243 e. The van der Waals surface area contributed by atoms with Crippen molar-refractivity contribution >= 4 is 38.9 Å². The molecule has 0 fully saturated rings. The maximum atomic E-state index is 12.3. The Morgan fingerprint density at radius 3 is 2.52 bits per heavy atom. The second kappa shape index (κ2) is 6.18. The van der Waals surface area contributed by atoms with E-state index in [0.717, 1.165) is 0 Å². The van der Waals surface area contributed by atoms with Crippen LogP contribution in [-0.4, -0.2) is 23.2 Å². The Bertz CT molecular complexity index is 737. The van der Waals surface area contributed by atoms with Crippen molar-refractivity contribution in [3.05, 3.63) is 34.3 Å². The van der Waals surface area contributed by atoms with E-state index in [1.54, 1.807) is 4.57 Å². The largest absolute Gasteiger partial charge is 0.399 e. The number of nitrogen functional groups attached to an aromatic ring is 1. The number of sulfonamides is 1. The lowest BCUT2D eigenvalue weighted by Crippen LogP contribution is -2.25. The van der Waals surface area contributed by atoms with Crippen LogP contribution >= 0.6 is 23.2 Å². The zero-order valence-corrected chi connectivity index (χ0v) is 13.4. The molecule has 10 heteroatoms. The molecule has 1 aromatic heterocycles. The second-order valence-corrected chi connectivity index (χ2v) is 6.69. The van der Waals surface area contributed by atoms with Gasteiger partial charge in [-0.25, -0.2) is 13.1 Å². The van der Waals surface area contributed by atoms with E-state index in [-0.39, 0.29) is 27.2 Å². The molecule has 21 heavy (non-hydrogen) atoms. The van der Waals surface area contributed by atoms with Gasteiger partial charge in [-0.2, -0.15) is 0 Å². The molecule has 2 aromatic rings. The van der Waals surface area contributed by atoms with Crippen molar-refractivity contribution in [3.63, 3.8) is 0 Å². The molecule has 0 aliphatic carbocycles. The first kappa shape index (κ1) is 16.0. The van der Waals surface area contributed by atoms with Gasteiger partial charge >= 0.3 is 0 Å². The fourth-order valence-corrected chi connectivity index (χ4v) is 3.96. The summed E-state index contributed by atoms with van der Waals surface area (Å²) < 4.78 is 28.7. The molecule has 0 spiro atoms. The van der Waals surface area contributed by atoms with E-state index in [1.807, 2.05) is 6.92 Å². The number of hydrogen-bond acceptors (Lipinski definition) is 5. The summed E-state index contributed by atoms with van der Waals surface area (Å²) in [7, 11) is -3.89. The quantitative estimate of drug-likeness (QED) is 0.799. The Morgan fingerprint density at radius 1 is 1.33 bits per heavy atom. The number of nitrogens with two attached hydrogens (primary N) is 1. The van der Waals surface area contributed by atoms with E-state index in [2.05, 4.69) is 14.9 Å². The molecule has 0 saturated heterocycles. The van der Waals surface area contributed by atoms with Crippen LogP contribution in [0.15, 0.2) is 23.4 Å². The molecular weight excluding hydrogens is 337 g/mol. The first-order valence-corrected chi connectivity index (χ1v) is 8.20. The topological polar surface area (TPSA) is 103 Å². The Morgan fingerprint density at radius 2 is 1.95 bits per heavy atom. The molecule has 0 radical (unpaired) electrons. The number of halogens is 2. The van der Waals surface area contributed by atoms with Crippen molar-refractivity contribution in [2.24, 2.45) is 0 Å². The van der Waals surface area contributed by atoms with Crippen LogP contribution < -0.4 is 10.5 Å². The van der Waals surface area contributed by atoms with Gasteiger partial charge in [0.2, 0.25) is 10.0 Å². The first-order chi connectivity index (χ1) is 9.85. The second-order valence-electron chi connectivity index (χ2n) is 4.17. The molecule has 0 aliphatic heterocycles. The maximum absolute atomic E-state index is 12.3. The van der Waals surface area contributed by atoms with Gasteiger partial charge in [-0.1, -0.05) is 23.2 Å². The molecule has 0 unspecified atom stereocenters. The molecule has 114 valence electrons. The lowest BCUT2D eigenvalue weighted by Gasteiger charge is -2.11. The van der Waals surface area contributed by atoms with Gasteiger partial charge in [0.1, 0.15) is 17.0 Å². The number of aryl methyl sites for hydroxylation is 1. The van der Waals surface area contributed by atoms with Gasteiger partial charge in [-0.05, 0) is 19.1 Å². The highest BCUT2D eigenvalue weighted by atomic mass is 35.5. The van der Waals surface area contributed by atoms with Crippen LogP contribution in [0.25, 0.3) is 0 Å². The molecule has 0 atom stereocenters. The van der Waals surface area contributed by atoms with Crippen molar-refractivity contribution < 1.29 is 8.42 Å². The molecule has 2 rings (SSSR count). The average molecular weight is 350 g/mol. The fraction of sp³-hybridized carbons (Fsp3) is 0.273. The predicted octanol–water partition coefficient (Wildman–Crippen LogP) is 1.67. The molecular formula is C11H13Cl2N5O2S. The molecule has 7 nitrogen and oxygen atoms in total. The minimum Gasteiger partial charge on any atom is -0.399 e. The normalized spacial score (nSPS) is 11.8. The summed E-state index contributed by atoms with van der Waals surface area (Å²) in [5.41, 5.74) is 5.84. The first-order valence-electron chi connectivity index (χ1n) is 5.96. The van der Waals surface area contributed by atoms with Gasteiger partial charge < -0.3 is 10.3 Å². The lowest BCUT2D eigenvalue weighted by molar-refractivity contribution is 0.575. The highest BCUT2D eigenvalue weighted by Gasteiger charge is 2.22. The number of rotatable bonds is 5. The van der Waals surface area contributed by atoms with Crippen LogP contribution in [0.4, 0.5) is 5.69 Å². The van der Waals surface area contributed by atoms with Crippen molar-refractivity contribution in [2.75, 3.05) is 5.73 Å². The molecule has 3 N–H and O–H groups in total. The predicted molar refractivity (Wildman–Crippen MR) is 80.6 cm³/mol. The van der Waals surface area contributed by atoms with Crippen LogP contribution in [0.5, 0.6) is 0 Å². The SMILES string of the molecule is CCn1cnnc1CNS(=O)(=O)c1c(Cl)cc(N)cc1Cl. The zero-order chi connectivity index (χ0) is 15.6. The molecule has 0 saturated carbocycles. The Hall–Kier alpha value is -1.35. The summed E-state index contributed by atoms with van der Waals surface area (Å²) in [6.07, 6.45) is 1.52. The molecule has 1 heterocycles. The molecule has 1 aromatic carbocycles. The van der Waals surface area contributed by atoms with E-state index in [9.17, 15) is 8.42 Å². The highest BCUT2D eigenvalue weighted by Crippen LogP contribution is 2.31. The highest BCUT2D eigenvalue weighted by molar-refractivity contribution is 7.89. The Labute approximate surface area is 132 Å². The summed E-state index contributed by atoms with van der Waals surface area (Å²) in [5, 5.41) is 7.49. The number of nitrogens with zero attached hydrogens (tertiary/aromatic N) is 3. The molecule has 0 amide bonds. The molecule has 0 bridgehead atoms. The van der Waals surface area contributed by atoms with Crippen molar-refractivity contribution in [1.29, 1.82) is 0 Å². The number of nitrogens with one attached hydrogen (secondary N) is 1. The van der Waals surface area contributed by atoms with E-state index in [1.165, 1.54) is 18.5 Å². The monoisotopic (exact) mass is 349 g/mol. The van der Waals surface area contributed by atoms with E-state index >= 15 is 0 Å². The van der Waals surface area contributed by atoms with Crippen molar-refractivity contribution in [1.82, 2.24) is 19.5 Å². The number of aromatic nitrogens is 3. The standard InChI is InChI=1S/C11H13Cl2N5O2S/c1-2-18-6-15-17-10(18)5-16-21(19,20)11-8(12)3-7(14)4-9(11)13/h3-4,6,16H,2,5,14H2,1H3. The fourth-order valence-electron chi connectivity index (χ4n) is 1.75. The van der Waals surface area contributed by atoms with Crippen LogP contribution in [0, 0.1) is 0 Å². The Balaban J connectivity index is 2.27. The Kier molecular flexibility index (Phi) is 4.72. The summed E-state index contributed by atoms with van der Waals surface area (Å²) >= 11 is 11.8. The summed E-state index contributed by atoms with van der Waals surface area (Å²) in [6.45, 7) is 2.51. The van der Waals surface area contributed by atoms with Gasteiger partial charge in [0.15, 0.2) is 0 Å². The van der Waals surface area contributed by atoms with E-state index in [0.29, 0.717) is 12.4 Å². The number of anilines is 1. The van der Waals surface area contributed by atoms with Gasteiger partial charge in [-0.15, -0.1) is 10.2 Å². The van der Waals surface area contributed by atoms with Crippen LogP contribution in [0.1, 0.15) is 12.7 Å². The minimum absolute atomic E-state index is 0.0206. The zero-order valence-electron chi connectivity index (χ0n) is 11.0. The third kappa shape index (κ3) is 3.46. The molecule has 0 aliphatic rings. The van der Waals surface area contributed by atoms with E-state index in [4.69, 9.17) is 28.9 Å².